The van der Waals surface area contributed by atoms with Gasteiger partial charge in [-0.1, -0.05) is 0 Å². The summed E-state index contributed by atoms with van der Waals surface area (Å²) in [5.41, 5.74) is 5.76. The van der Waals surface area contributed by atoms with Gasteiger partial charge in [-0.3, -0.25) is 4.79 Å². The summed E-state index contributed by atoms with van der Waals surface area (Å²) in [6, 6.07) is 0.305. The molecular weight excluding hydrogens is 140 g/mol. The number of hydrogen-bond acceptors (Lipinski definition) is 2. The van der Waals surface area contributed by atoms with Gasteiger partial charge in [-0.15, -0.1) is 0 Å². The maximum absolute atomic E-state index is 10.9. The molecule has 1 saturated heterocycles. The summed E-state index contributed by atoms with van der Waals surface area (Å²) in [6.45, 7) is 3.36. The normalized spacial score (nSPS) is 26.4. The minimum atomic E-state index is 0.180. The van der Waals surface area contributed by atoms with Crippen molar-refractivity contribution in [2.24, 2.45) is 5.73 Å². The first kappa shape index (κ1) is 8.53. The van der Waals surface area contributed by atoms with Crippen molar-refractivity contribution in [1.82, 2.24) is 4.90 Å². The Morgan fingerprint density at radius 1 is 1.45 bits per heavy atom. The van der Waals surface area contributed by atoms with Crippen LogP contribution in [-0.2, 0) is 4.79 Å². The Balaban J connectivity index is 2.40. The first-order chi connectivity index (χ1) is 5.20. The minimum absolute atomic E-state index is 0.180. The summed E-state index contributed by atoms with van der Waals surface area (Å²) in [6.07, 6.45) is 3.07. The number of carbonyl (C=O) groups excluding carboxylic acids is 1. The predicted molar refractivity (Wildman–Crippen MR) is 44.1 cm³/mol. The van der Waals surface area contributed by atoms with E-state index in [1.54, 1.807) is 6.92 Å². The van der Waals surface area contributed by atoms with Crippen molar-refractivity contribution in [2.75, 3.05) is 13.1 Å². The van der Waals surface area contributed by atoms with Gasteiger partial charge < -0.3 is 10.6 Å². The van der Waals surface area contributed by atoms with E-state index in [-0.39, 0.29) is 5.91 Å². The van der Waals surface area contributed by atoms with Crippen molar-refractivity contribution in [3.05, 3.63) is 0 Å². The lowest BCUT2D eigenvalue weighted by atomic mass is 10.1. The number of carbonyl (C=O) groups is 1. The van der Waals surface area contributed by atoms with Crippen LogP contribution in [0.2, 0.25) is 0 Å². The zero-order valence-electron chi connectivity index (χ0n) is 7.05. The summed E-state index contributed by atoms with van der Waals surface area (Å²) in [5.74, 6) is 0.180. The molecule has 0 saturated carbocycles. The summed E-state index contributed by atoms with van der Waals surface area (Å²) in [7, 11) is 0. The molecule has 1 unspecified atom stereocenters. The second-order valence-corrected chi connectivity index (χ2v) is 3.20. The van der Waals surface area contributed by atoms with E-state index in [2.05, 4.69) is 0 Å². The van der Waals surface area contributed by atoms with Crippen molar-refractivity contribution < 1.29 is 4.79 Å². The molecule has 0 aliphatic carbocycles. The largest absolute Gasteiger partial charge is 0.343 e. The fourth-order valence-electron chi connectivity index (χ4n) is 1.44. The Morgan fingerprint density at radius 2 is 2.18 bits per heavy atom. The second-order valence-electron chi connectivity index (χ2n) is 3.20. The SMILES string of the molecule is CC(=O)N1CCCC(N)CC1. The fraction of sp³-hybridized carbons (Fsp3) is 0.875. The van der Waals surface area contributed by atoms with Crippen LogP contribution in [0.5, 0.6) is 0 Å². The predicted octanol–water partition coefficient (Wildman–Crippen LogP) is 0.346. The number of rotatable bonds is 0. The van der Waals surface area contributed by atoms with Gasteiger partial charge in [-0.05, 0) is 19.3 Å². The third-order valence-electron chi connectivity index (χ3n) is 2.22. The highest BCUT2D eigenvalue weighted by Crippen LogP contribution is 2.08. The molecule has 3 heteroatoms. The lowest BCUT2D eigenvalue weighted by molar-refractivity contribution is -0.128. The lowest BCUT2D eigenvalue weighted by Gasteiger charge is -2.17. The fourth-order valence-corrected chi connectivity index (χ4v) is 1.44. The summed E-state index contributed by atoms with van der Waals surface area (Å²) in [4.78, 5) is 12.8. The van der Waals surface area contributed by atoms with E-state index < -0.39 is 0 Å². The molecule has 1 atom stereocenters. The van der Waals surface area contributed by atoms with Crippen LogP contribution in [0, 0.1) is 0 Å². The second kappa shape index (κ2) is 3.72. The summed E-state index contributed by atoms with van der Waals surface area (Å²) >= 11 is 0. The quantitative estimate of drug-likeness (QED) is 0.550. The molecule has 1 heterocycles. The van der Waals surface area contributed by atoms with Crippen molar-refractivity contribution in [1.29, 1.82) is 0 Å². The van der Waals surface area contributed by atoms with Crippen molar-refractivity contribution in [3.63, 3.8) is 0 Å². The van der Waals surface area contributed by atoms with Crippen LogP contribution in [0.25, 0.3) is 0 Å². The molecule has 0 aromatic carbocycles. The Labute approximate surface area is 67.5 Å². The molecule has 2 N–H and O–H groups in total. The van der Waals surface area contributed by atoms with Gasteiger partial charge in [-0.2, -0.15) is 0 Å². The van der Waals surface area contributed by atoms with Crippen molar-refractivity contribution in [3.8, 4) is 0 Å². The monoisotopic (exact) mass is 156 g/mol. The Bertz CT molecular complexity index is 147. The average molecular weight is 156 g/mol. The third kappa shape index (κ3) is 2.50. The minimum Gasteiger partial charge on any atom is -0.343 e. The molecule has 0 radical (unpaired) electrons. The average Bonchev–Trinajstić information content (AvgIpc) is 2.13. The molecule has 1 aliphatic heterocycles. The van der Waals surface area contributed by atoms with Gasteiger partial charge in [0.2, 0.25) is 5.91 Å². The van der Waals surface area contributed by atoms with E-state index in [4.69, 9.17) is 5.73 Å². The highest BCUT2D eigenvalue weighted by molar-refractivity contribution is 5.73. The van der Waals surface area contributed by atoms with Gasteiger partial charge >= 0.3 is 0 Å². The maximum atomic E-state index is 10.9. The van der Waals surface area contributed by atoms with E-state index in [1.807, 2.05) is 4.90 Å². The molecule has 0 spiro atoms. The van der Waals surface area contributed by atoms with Gasteiger partial charge in [-0.25, -0.2) is 0 Å². The first-order valence-electron chi connectivity index (χ1n) is 4.21. The summed E-state index contributed by atoms with van der Waals surface area (Å²) in [5, 5.41) is 0. The molecule has 64 valence electrons. The topological polar surface area (TPSA) is 46.3 Å². The van der Waals surface area contributed by atoms with Crippen molar-refractivity contribution >= 4 is 5.91 Å². The highest BCUT2D eigenvalue weighted by Gasteiger charge is 2.14. The molecule has 1 rings (SSSR count). The Kier molecular flexibility index (Phi) is 2.88. The van der Waals surface area contributed by atoms with Gasteiger partial charge in [0.1, 0.15) is 0 Å². The van der Waals surface area contributed by atoms with E-state index in [0.717, 1.165) is 32.4 Å². The van der Waals surface area contributed by atoms with Crippen LogP contribution in [0.15, 0.2) is 0 Å². The molecule has 11 heavy (non-hydrogen) atoms. The molecule has 1 fully saturated rings. The van der Waals surface area contributed by atoms with Gasteiger partial charge in [0, 0.05) is 26.1 Å². The molecule has 1 aliphatic rings. The van der Waals surface area contributed by atoms with Crippen LogP contribution in [0.4, 0.5) is 0 Å². The van der Waals surface area contributed by atoms with Crippen LogP contribution < -0.4 is 5.73 Å². The molecule has 0 aromatic heterocycles. The van der Waals surface area contributed by atoms with E-state index in [1.165, 1.54) is 0 Å². The first-order valence-corrected chi connectivity index (χ1v) is 4.21. The van der Waals surface area contributed by atoms with Crippen LogP contribution in [0.1, 0.15) is 26.2 Å². The van der Waals surface area contributed by atoms with Gasteiger partial charge in [0.25, 0.3) is 0 Å². The van der Waals surface area contributed by atoms with Gasteiger partial charge in [0.15, 0.2) is 0 Å². The molecular formula is C8H16N2O. The number of likely N-dealkylation sites (tertiary alicyclic amines) is 1. The number of nitrogens with zero attached hydrogens (tertiary/aromatic N) is 1. The lowest BCUT2D eigenvalue weighted by Crippen LogP contribution is -2.30. The van der Waals surface area contributed by atoms with Crippen LogP contribution in [-0.4, -0.2) is 29.9 Å². The smallest absolute Gasteiger partial charge is 0.219 e. The van der Waals surface area contributed by atoms with E-state index in [0.29, 0.717) is 6.04 Å². The molecule has 0 bridgehead atoms. The summed E-state index contributed by atoms with van der Waals surface area (Å²) < 4.78 is 0. The van der Waals surface area contributed by atoms with E-state index in [9.17, 15) is 4.79 Å². The Morgan fingerprint density at radius 3 is 2.82 bits per heavy atom. The van der Waals surface area contributed by atoms with Crippen LogP contribution >= 0.6 is 0 Å². The molecule has 1 amide bonds. The standard InChI is InChI=1S/C8H16N2O/c1-7(11)10-5-2-3-8(9)4-6-10/h8H,2-6,9H2,1H3. The zero-order chi connectivity index (χ0) is 8.27. The van der Waals surface area contributed by atoms with E-state index >= 15 is 0 Å². The third-order valence-corrected chi connectivity index (χ3v) is 2.22. The van der Waals surface area contributed by atoms with Gasteiger partial charge in [0.05, 0.1) is 0 Å². The molecule has 0 aromatic rings. The number of nitrogens with two attached hydrogens (primary N) is 1. The Hall–Kier alpha value is -0.570. The number of amides is 1. The molecule has 3 nitrogen and oxygen atoms in total. The zero-order valence-corrected chi connectivity index (χ0v) is 7.05. The number of hydrogen-bond donors (Lipinski definition) is 1. The van der Waals surface area contributed by atoms with Crippen LogP contribution in [0.3, 0.4) is 0 Å². The highest BCUT2D eigenvalue weighted by atomic mass is 16.2. The van der Waals surface area contributed by atoms with Crippen molar-refractivity contribution in [2.45, 2.75) is 32.2 Å². The maximum Gasteiger partial charge on any atom is 0.219 e.